The minimum absolute atomic E-state index is 0.384. The van der Waals surface area contributed by atoms with Gasteiger partial charge in [0.1, 0.15) is 6.07 Å². The Balaban J connectivity index is 2.40. The third kappa shape index (κ3) is 2.74. The van der Waals surface area contributed by atoms with Crippen LogP contribution in [0.2, 0.25) is 0 Å². The number of nitriles is 2. The summed E-state index contributed by atoms with van der Waals surface area (Å²) < 4.78 is 0. The number of nitrogens with zero attached hydrogens (tertiary/aromatic N) is 3. The number of hydrogen-bond donors (Lipinski definition) is 0. The second-order valence-electron chi connectivity index (χ2n) is 4.31. The number of hydrogen-bond acceptors (Lipinski definition) is 3. The summed E-state index contributed by atoms with van der Waals surface area (Å²) in [5, 5.41) is 18.1. The maximum absolute atomic E-state index is 9.25. The molecule has 98 valence electrons. The highest BCUT2D eigenvalue weighted by Gasteiger charge is 2.10. The van der Waals surface area contributed by atoms with E-state index in [4.69, 9.17) is 16.9 Å². The Morgan fingerprint density at radius 2 is 1.75 bits per heavy atom. The summed E-state index contributed by atoms with van der Waals surface area (Å²) >= 11 is 5.78. The maximum Gasteiger partial charge on any atom is 0.101 e. The molecule has 0 heterocycles. The Kier molecular flexibility index (Phi) is 4.25. The molecule has 2 rings (SSSR count). The fourth-order valence-electron chi connectivity index (χ4n) is 1.95. The molecule has 0 unspecified atom stereocenters. The molecule has 3 nitrogen and oxygen atoms in total. The Hall–Kier alpha value is -2.49. The van der Waals surface area contributed by atoms with Gasteiger partial charge in [-0.1, -0.05) is 6.07 Å². The quantitative estimate of drug-likeness (QED) is 0.801. The van der Waals surface area contributed by atoms with Crippen LogP contribution in [0.15, 0.2) is 42.5 Å². The van der Waals surface area contributed by atoms with Gasteiger partial charge in [0, 0.05) is 18.6 Å². The van der Waals surface area contributed by atoms with Crippen molar-refractivity contribution in [3.05, 3.63) is 59.2 Å². The van der Waals surface area contributed by atoms with Gasteiger partial charge in [0.15, 0.2) is 0 Å². The zero-order chi connectivity index (χ0) is 14.5. The van der Waals surface area contributed by atoms with Gasteiger partial charge < -0.3 is 4.90 Å². The lowest BCUT2D eigenvalue weighted by Crippen LogP contribution is -2.11. The molecule has 0 saturated carbocycles. The number of alkyl halides is 1. The van der Waals surface area contributed by atoms with Crippen molar-refractivity contribution in [3.63, 3.8) is 0 Å². The molecule has 0 radical (unpaired) electrons. The van der Waals surface area contributed by atoms with Gasteiger partial charge in [0.25, 0.3) is 0 Å². The summed E-state index contributed by atoms with van der Waals surface area (Å²) in [6, 6.07) is 17.1. The van der Waals surface area contributed by atoms with Gasteiger partial charge in [-0.3, -0.25) is 0 Å². The summed E-state index contributed by atoms with van der Waals surface area (Å²) in [5.74, 6) is 0.384. The van der Waals surface area contributed by atoms with E-state index >= 15 is 0 Å². The van der Waals surface area contributed by atoms with Crippen LogP contribution in [-0.2, 0) is 5.88 Å². The summed E-state index contributed by atoms with van der Waals surface area (Å²) in [7, 11) is 1.89. The molecule has 0 spiro atoms. The zero-order valence-electron chi connectivity index (χ0n) is 11.0. The Labute approximate surface area is 123 Å². The lowest BCUT2D eigenvalue weighted by molar-refractivity contribution is 1.19. The fourth-order valence-corrected chi connectivity index (χ4v) is 2.11. The van der Waals surface area contributed by atoms with E-state index in [0.717, 1.165) is 16.9 Å². The number of halogens is 1. The van der Waals surface area contributed by atoms with Crippen LogP contribution in [0.25, 0.3) is 0 Å². The van der Waals surface area contributed by atoms with Crippen LogP contribution >= 0.6 is 11.6 Å². The van der Waals surface area contributed by atoms with Crippen LogP contribution < -0.4 is 4.90 Å². The topological polar surface area (TPSA) is 50.8 Å². The molecule has 20 heavy (non-hydrogen) atoms. The highest BCUT2D eigenvalue weighted by atomic mass is 35.5. The van der Waals surface area contributed by atoms with E-state index in [1.54, 1.807) is 18.2 Å². The van der Waals surface area contributed by atoms with E-state index in [0.29, 0.717) is 17.0 Å². The van der Waals surface area contributed by atoms with Crippen LogP contribution in [0.5, 0.6) is 0 Å². The molecule has 0 N–H and O–H groups in total. The molecule has 0 fully saturated rings. The first kappa shape index (κ1) is 13.9. The molecule has 0 amide bonds. The fraction of sp³-hybridized carbons (Fsp3) is 0.125. The molecule has 4 heteroatoms. The van der Waals surface area contributed by atoms with Crippen molar-refractivity contribution in [3.8, 4) is 12.1 Å². The zero-order valence-corrected chi connectivity index (χ0v) is 11.7. The van der Waals surface area contributed by atoms with Gasteiger partial charge in [-0.25, -0.2) is 0 Å². The minimum Gasteiger partial charge on any atom is -0.344 e. The van der Waals surface area contributed by atoms with E-state index in [2.05, 4.69) is 12.1 Å². The van der Waals surface area contributed by atoms with E-state index < -0.39 is 0 Å². The Morgan fingerprint density at radius 3 is 2.30 bits per heavy atom. The first-order chi connectivity index (χ1) is 9.69. The molecule has 0 bridgehead atoms. The minimum atomic E-state index is 0.384. The van der Waals surface area contributed by atoms with Crippen molar-refractivity contribution in [2.24, 2.45) is 0 Å². The van der Waals surface area contributed by atoms with Crippen LogP contribution in [0.3, 0.4) is 0 Å². The SMILES string of the molecule is CN(c1ccc(C#N)cc1)c1ccc(CCl)cc1C#N. The van der Waals surface area contributed by atoms with Gasteiger partial charge in [-0.2, -0.15) is 10.5 Å². The van der Waals surface area contributed by atoms with Gasteiger partial charge in [-0.05, 0) is 42.0 Å². The monoisotopic (exact) mass is 281 g/mol. The molecule has 0 aromatic heterocycles. The van der Waals surface area contributed by atoms with Gasteiger partial charge in [-0.15, -0.1) is 11.6 Å². The number of benzene rings is 2. The van der Waals surface area contributed by atoms with E-state index in [1.807, 2.05) is 36.2 Å². The van der Waals surface area contributed by atoms with Crippen LogP contribution in [-0.4, -0.2) is 7.05 Å². The molecule has 2 aromatic rings. The van der Waals surface area contributed by atoms with Gasteiger partial charge >= 0.3 is 0 Å². The summed E-state index contributed by atoms with van der Waals surface area (Å²) in [4.78, 5) is 1.91. The molecule has 0 aliphatic carbocycles. The smallest absolute Gasteiger partial charge is 0.101 e. The van der Waals surface area contributed by atoms with Crippen molar-refractivity contribution in [2.45, 2.75) is 5.88 Å². The van der Waals surface area contributed by atoms with Crippen molar-refractivity contribution in [2.75, 3.05) is 11.9 Å². The first-order valence-corrected chi connectivity index (χ1v) is 6.56. The van der Waals surface area contributed by atoms with Crippen molar-refractivity contribution in [1.29, 1.82) is 10.5 Å². The summed E-state index contributed by atoms with van der Waals surface area (Å²) in [5.41, 5.74) is 3.83. The first-order valence-electron chi connectivity index (χ1n) is 6.02. The second-order valence-corrected chi connectivity index (χ2v) is 4.58. The van der Waals surface area contributed by atoms with E-state index in [9.17, 15) is 5.26 Å². The highest BCUT2D eigenvalue weighted by molar-refractivity contribution is 6.17. The van der Waals surface area contributed by atoms with Gasteiger partial charge in [0.05, 0.1) is 22.9 Å². The molecule has 0 aliphatic rings. The largest absolute Gasteiger partial charge is 0.344 e. The average Bonchev–Trinajstić information content (AvgIpc) is 2.53. The molecule has 2 aromatic carbocycles. The molecule has 0 atom stereocenters. The third-order valence-electron chi connectivity index (χ3n) is 3.08. The maximum atomic E-state index is 9.25. The van der Waals surface area contributed by atoms with Crippen LogP contribution in [0.1, 0.15) is 16.7 Å². The van der Waals surface area contributed by atoms with E-state index in [1.165, 1.54) is 0 Å². The van der Waals surface area contributed by atoms with Crippen molar-refractivity contribution in [1.82, 2.24) is 0 Å². The summed E-state index contributed by atoms with van der Waals surface area (Å²) in [6.07, 6.45) is 0. The molecule has 0 saturated heterocycles. The van der Waals surface area contributed by atoms with Crippen LogP contribution in [0.4, 0.5) is 11.4 Å². The standard InChI is InChI=1S/C16H12ClN3/c1-20(15-5-2-12(10-18)3-6-15)16-7-4-13(9-17)8-14(16)11-19/h2-8H,9H2,1H3. The predicted molar refractivity (Wildman–Crippen MR) is 79.9 cm³/mol. The molecular formula is C16H12ClN3. The highest BCUT2D eigenvalue weighted by Crippen LogP contribution is 2.28. The lowest BCUT2D eigenvalue weighted by Gasteiger charge is -2.21. The third-order valence-corrected chi connectivity index (χ3v) is 3.39. The second kappa shape index (κ2) is 6.10. The van der Waals surface area contributed by atoms with Crippen LogP contribution in [0, 0.1) is 22.7 Å². The van der Waals surface area contributed by atoms with Gasteiger partial charge in [0.2, 0.25) is 0 Å². The van der Waals surface area contributed by atoms with E-state index in [-0.39, 0.29) is 0 Å². The normalized spacial score (nSPS) is 9.60. The Bertz CT molecular complexity index is 693. The number of anilines is 2. The number of rotatable bonds is 3. The molecule has 0 aliphatic heterocycles. The summed E-state index contributed by atoms with van der Waals surface area (Å²) in [6.45, 7) is 0. The molecular weight excluding hydrogens is 270 g/mol. The average molecular weight is 282 g/mol. The van der Waals surface area contributed by atoms with Crippen molar-refractivity contribution < 1.29 is 0 Å². The Morgan fingerprint density at radius 1 is 1.05 bits per heavy atom. The van der Waals surface area contributed by atoms with Crippen molar-refractivity contribution >= 4 is 23.0 Å². The predicted octanol–water partition coefficient (Wildman–Crippen LogP) is 3.94. The lowest BCUT2D eigenvalue weighted by atomic mass is 10.1.